The maximum atomic E-state index is 14.5. The minimum atomic E-state index is -1.37. The van der Waals surface area contributed by atoms with E-state index < -0.39 is 36.2 Å². The van der Waals surface area contributed by atoms with E-state index >= 15 is 0 Å². The number of halogens is 1. The second-order valence-corrected chi connectivity index (χ2v) is 7.01. The number of rotatable bonds is 5. The molecule has 1 aliphatic rings. The van der Waals surface area contributed by atoms with Crippen molar-refractivity contribution >= 4 is 5.91 Å². The number of hydrogen-bond acceptors (Lipinski definition) is 6. The van der Waals surface area contributed by atoms with Gasteiger partial charge in [0.05, 0.1) is 18.8 Å². The fourth-order valence-corrected chi connectivity index (χ4v) is 3.35. The summed E-state index contributed by atoms with van der Waals surface area (Å²) in [6.45, 7) is 1.27. The van der Waals surface area contributed by atoms with Gasteiger partial charge in [-0.2, -0.15) is 0 Å². The zero-order valence-electron chi connectivity index (χ0n) is 16.1. The van der Waals surface area contributed by atoms with Gasteiger partial charge < -0.3 is 30.1 Å². The molecule has 1 fully saturated rings. The van der Waals surface area contributed by atoms with Crippen LogP contribution in [-0.4, -0.2) is 53.2 Å². The Morgan fingerprint density at radius 2 is 1.90 bits per heavy atom. The molecular formula is C21H24FNO6. The van der Waals surface area contributed by atoms with Crippen LogP contribution >= 0.6 is 0 Å². The van der Waals surface area contributed by atoms with E-state index in [9.17, 15) is 24.5 Å². The molecule has 0 radical (unpaired) electrons. The average Bonchev–Trinajstić information content (AvgIpc) is 2.73. The van der Waals surface area contributed by atoms with Crippen LogP contribution in [0.2, 0.25) is 0 Å². The molecule has 0 spiro atoms. The molecule has 0 aromatic heterocycles. The molecule has 29 heavy (non-hydrogen) atoms. The Kier molecular flexibility index (Phi) is 6.49. The monoisotopic (exact) mass is 405 g/mol. The van der Waals surface area contributed by atoms with Crippen LogP contribution in [0.15, 0.2) is 42.5 Å². The second-order valence-electron chi connectivity index (χ2n) is 7.01. The van der Waals surface area contributed by atoms with Crippen molar-refractivity contribution in [3.8, 4) is 11.5 Å². The molecule has 5 unspecified atom stereocenters. The fourth-order valence-electron chi connectivity index (χ4n) is 3.35. The number of hydrogen-bond donors (Lipinski definition) is 4. The van der Waals surface area contributed by atoms with Crippen LogP contribution in [0.3, 0.4) is 0 Å². The number of aliphatic hydroxyl groups is 3. The Morgan fingerprint density at radius 1 is 1.17 bits per heavy atom. The Bertz CT molecular complexity index is 874. The fraction of sp³-hybridized carbons (Fsp3) is 0.381. The van der Waals surface area contributed by atoms with Gasteiger partial charge in [0.1, 0.15) is 29.5 Å². The molecule has 1 amide bonds. The molecule has 156 valence electrons. The van der Waals surface area contributed by atoms with E-state index in [-0.39, 0.29) is 23.8 Å². The molecule has 8 heteroatoms. The van der Waals surface area contributed by atoms with Gasteiger partial charge in [0, 0.05) is 24.1 Å². The Labute approximate surface area is 167 Å². The summed E-state index contributed by atoms with van der Waals surface area (Å²) in [5.41, 5.74) is 0.406. The standard InChI is InChI=1S/C21H24FNO6/c1-11-17(10-24)29-20(19(26)18(11)25)15-9-14(6-7-16(15)22)28-13-5-3-4-12(8-13)21(27)23-2/h3-9,11,17-20,24-26H,10H2,1-2H3,(H,23,27). The van der Waals surface area contributed by atoms with E-state index in [1.807, 2.05) is 0 Å². The highest BCUT2D eigenvalue weighted by Crippen LogP contribution is 2.38. The first-order valence-corrected chi connectivity index (χ1v) is 9.27. The van der Waals surface area contributed by atoms with E-state index in [0.29, 0.717) is 11.3 Å². The topological polar surface area (TPSA) is 108 Å². The third kappa shape index (κ3) is 4.40. The summed E-state index contributed by atoms with van der Waals surface area (Å²) < 4.78 is 25.9. The minimum absolute atomic E-state index is 0.00172. The van der Waals surface area contributed by atoms with Gasteiger partial charge in [0.15, 0.2) is 0 Å². The van der Waals surface area contributed by atoms with Gasteiger partial charge >= 0.3 is 0 Å². The molecule has 3 rings (SSSR count). The summed E-state index contributed by atoms with van der Waals surface area (Å²) >= 11 is 0. The molecule has 0 bridgehead atoms. The molecule has 7 nitrogen and oxygen atoms in total. The molecule has 0 aliphatic carbocycles. The summed E-state index contributed by atoms with van der Waals surface area (Å²) in [4.78, 5) is 11.8. The number of amides is 1. The number of nitrogens with one attached hydrogen (secondary N) is 1. The van der Waals surface area contributed by atoms with Crippen LogP contribution in [0.4, 0.5) is 4.39 Å². The first kappa shape index (κ1) is 21.2. The summed E-state index contributed by atoms with van der Waals surface area (Å²) in [5, 5.41) is 32.6. The quantitative estimate of drug-likeness (QED) is 0.604. The van der Waals surface area contributed by atoms with Crippen LogP contribution in [0.25, 0.3) is 0 Å². The van der Waals surface area contributed by atoms with Gasteiger partial charge in [-0.25, -0.2) is 4.39 Å². The predicted molar refractivity (Wildman–Crippen MR) is 102 cm³/mol. The lowest BCUT2D eigenvalue weighted by atomic mass is 9.86. The third-order valence-corrected chi connectivity index (χ3v) is 5.12. The summed E-state index contributed by atoms with van der Waals surface area (Å²) in [6, 6.07) is 10.4. The normalized spacial score (nSPS) is 26.8. The molecule has 1 saturated heterocycles. The van der Waals surface area contributed by atoms with Crippen LogP contribution < -0.4 is 10.1 Å². The Balaban J connectivity index is 1.88. The lowest BCUT2D eigenvalue weighted by molar-refractivity contribution is -0.207. The van der Waals surface area contributed by atoms with Crippen molar-refractivity contribution in [3.05, 3.63) is 59.4 Å². The molecule has 2 aromatic carbocycles. The van der Waals surface area contributed by atoms with Gasteiger partial charge in [0.2, 0.25) is 0 Å². The number of carbonyl (C=O) groups excluding carboxylic acids is 1. The highest BCUT2D eigenvalue weighted by molar-refractivity contribution is 5.94. The lowest BCUT2D eigenvalue weighted by Gasteiger charge is -2.41. The Morgan fingerprint density at radius 3 is 2.59 bits per heavy atom. The summed E-state index contributed by atoms with van der Waals surface area (Å²) in [5.74, 6) is -0.789. The largest absolute Gasteiger partial charge is 0.457 e. The minimum Gasteiger partial charge on any atom is -0.457 e. The van der Waals surface area contributed by atoms with Crippen molar-refractivity contribution in [2.24, 2.45) is 5.92 Å². The molecule has 5 atom stereocenters. The van der Waals surface area contributed by atoms with Crippen LogP contribution in [-0.2, 0) is 4.74 Å². The molecule has 4 N–H and O–H groups in total. The second kappa shape index (κ2) is 8.87. The number of ether oxygens (including phenoxy) is 2. The maximum absolute atomic E-state index is 14.5. The number of carbonyl (C=O) groups is 1. The Hall–Kier alpha value is -2.52. The van der Waals surface area contributed by atoms with Gasteiger partial charge in [-0.15, -0.1) is 0 Å². The van der Waals surface area contributed by atoms with Crippen molar-refractivity contribution in [2.75, 3.05) is 13.7 Å². The lowest BCUT2D eigenvalue weighted by Crippen LogP contribution is -2.50. The van der Waals surface area contributed by atoms with Crippen molar-refractivity contribution in [3.63, 3.8) is 0 Å². The molecule has 2 aromatic rings. The zero-order chi connectivity index (χ0) is 21.1. The van der Waals surface area contributed by atoms with E-state index in [4.69, 9.17) is 9.47 Å². The van der Waals surface area contributed by atoms with Crippen molar-refractivity contribution < 1.29 is 34.0 Å². The van der Waals surface area contributed by atoms with E-state index in [1.54, 1.807) is 31.2 Å². The predicted octanol–water partition coefficient (Wildman–Crippen LogP) is 1.77. The van der Waals surface area contributed by atoms with Crippen LogP contribution in [0, 0.1) is 11.7 Å². The van der Waals surface area contributed by atoms with Gasteiger partial charge in [-0.3, -0.25) is 4.79 Å². The first-order chi connectivity index (χ1) is 13.8. The van der Waals surface area contributed by atoms with Crippen molar-refractivity contribution in [1.29, 1.82) is 0 Å². The van der Waals surface area contributed by atoms with Gasteiger partial charge in [-0.1, -0.05) is 13.0 Å². The maximum Gasteiger partial charge on any atom is 0.251 e. The van der Waals surface area contributed by atoms with Crippen LogP contribution in [0.1, 0.15) is 28.9 Å². The average molecular weight is 405 g/mol. The first-order valence-electron chi connectivity index (χ1n) is 9.27. The van der Waals surface area contributed by atoms with Gasteiger partial charge in [-0.05, 0) is 36.4 Å². The molecule has 1 aliphatic heterocycles. The van der Waals surface area contributed by atoms with E-state index in [2.05, 4.69) is 5.32 Å². The third-order valence-electron chi connectivity index (χ3n) is 5.12. The SMILES string of the molecule is CNC(=O)c1cccc(Oc2ccc(F)c(C3OC(CO)C(C)C(O)C3O)c2)c1. The van der Waals surface area contributed by atoms with E-state index in [1.165, 1.54) is 25.2 Å². The van der Waals surface area contributed by atoms with Crippen molar-refractivity contribution in [1.82, 2.24) is 5.32 Å². The van der Waals surface area contributed by atoms with Crippen molar-refractivity contribution in [2.45, 2.75) is 31.3 Å². The number of benzene rings is 2. The zero-order valence-corrected chi connectivity index (χ0v) is 16.1. The van der Waals surface area contributed by atoms with Crippen LogP contribution in [0.5, 0.6) is 11.5 Å². The molecular weight excluding hydrogens is 381 g/mol. The number of aliphatic hydroxyl groups excluding tert-OH is 3. The molecule has 0 saturated carbocycles. The summed E-state index contributed by atoms with van der Waals surface area (Å²) in [7, 11) is 1.52. The highest BCUT2D eigenvalue weighted by Gasteiger charge is 2.43. The van der Waals surface area contributed by atoms with E-state index in [0.717, 1.165) is 0 Å². The smallest absolute Gasteiger partial charge is 0.251 e. The summed E-state index contributed by atoms with van der Waals surface area (Å²) in [6.07, 6.45) is -4.46. The highest BCUT2D eigenvalue weighted by atomic mass is 19.1. The van der Waals surface area contributed by atoms with Gasteiger partial charge in [0.25, 0.3) is 5.91 Å². The molecule has 1 heterocycles.